The normalized spacial score (nSPS) is 11.5. The van der Waals surface area contributed by atoms with Crippen molar-refractivity contribution in [3.63, 3.8) is 0 Å². The van der Waals surface area contributed by atoms with Crippen LogP contribution < -0.4 is 4.57 Å². The molecule has 1 aromatic heterocycles. The van der Waals surface area contributed by atoms with E-state index in [2.05, 4.69) is 53.9 Å². The van der Waals surface area contributed by atoms with Gasteiger partial charge in [0.05, 0.1) is 0 Å². The van der Waals surface area contributed by atoms with E-state index in [4.69, 9.17) is 0 Å². The summed E-state index contributed by atoms with van der Waals surface area (Å²) >= 11 is 1.83. The van der Waals surface area contributed by atoms with Crippen molar-refractivity contribution in [1.29, 1.82) is 0 Å². The summed E-state index contributed by atoms with van der Waals surface area (Å²) in [5.41, 5.74) is 2.62. The maximum Gasteiger partial charge on any atom is 0.263 e. The van der Waals surface area contributed by atoms with Crippen LogP contribution in [0, 0.1) is 6.92 Å². The Morgan fingerprint density at radius 1 is 1.31 bits per heavy atom. The summed E-state index contributed by atoms with van der Waals surface area (Å²) in [6.45, 7) is 2.13. The topological polar surface area (TPSA) is 7.12 Å². The highest BCUT2D eigenvalue weighted by Crippen LogP contribution is 2.22. The molecule has 0 aliphatic rings. The molecule has 0 aliphatic heterocycles. The Labute approximate surface area is 100 Å². The fourth-order valence-electron chi connectivity index (χ4n) is 1.64. The highest BCUT2D eigenvalue weighted by molar-refractivity contribution is 7.18. The van der Waals surface area contributed by atoms with Gasteiger partial charge in [-0.05, 0) is 18.6 Å². The van der Waals surface area contributed by atoms with Gasteiger partial charge in [0.2, 0.25) is 5.52 Å². The van der Waals surface area contributed by atoms with Gasteiger partial charge in [-0.2, -0.15) is 4.57 Å². The van der Waals surface area contributed by atoms with Gasteiger partial charge in [-0.25, -0.2) is 0 Å². The predicted octanol–water partition coefficient (Wildman–Crippen LogP) is 2.57. The van der Waals surface area contributed by atoms with Gasteiger partial charge in [0.15, 0.2) is 0 Å². The Bertz CT molecular complexity index is 538. The molecule has 2 rings (SSSR count). The lowest BCUT2D eigenvalue weighted by atomic mass is 10.2. The maximum atomic E-state index is 2.24. The Kier molecular flexibility index (Phi) is 2.97. The second-order valence-electron chi connectivity index (χ2n) is 4.25. The standard InChI is InChI=1S/C13H17N2S/c1-10-5-6-11-12(9-10)16-13(15(11)4)7-8-14(2)3/h5-9H,1-4H3/q+1. The average molecular weight is 233 g/mol. The largest absolute Gasteiger partial charge is 0.383 e. The highest BCUT2D eigenvalue weighted by Gasteiger charge is 2.13. The number of thiazole rings is 1. The van der Waals surface area contributed by atoms with Crippen molar-refractivity contribution in [2.24, 2.45) is 7.05 Å². The van der Waals surface area contributed by atoms with E-state index in [1.54, 1.807) is 0 Å². The van der Waals surface area contributed by atoms with Crippen LogP contribution in [0.3, 0.4) is 0 Å². The third-order valence-corrected chi connectivity index (χ3v) is 3.70. The molecule has 2 aromatic rings. The number of benzene rings is 1. The van der Waals surface area contributed by atoms with Gasteiger partial charge in [-0.15, -0.1) is 0 Å². The molecule has 0 bridgehead atoms. The van der Waals surface area contributed by atoms with Crippen molar-refractivity contribution in [3.8, 4) is 0 Å². The van der Waals surface area contributed by atoms with Gasteiger partial charge in [-0.3, -0.25) is 0 Å². The second-order valence-corrected chi connectivity index (χ2v) is 5.31. The van der Waals surface area contributed by atoms with Crippen molar-refractivity contribution >= 4 is 27.6 Å². The van der Waals surface area contributed by atoms with E-state index >= 15 is 0 Å². The lowest BCUT2D eigenvalue weighted by molar-refractivity contribution is -0.642. The van der Waals surface area contributed by atoms with Gasteiger partial charge in [0, 0.05) is 32.4 Å². The van der Waals surface area contributed by atoms with Crippen LogP contribution in [0.5, 0.6) is 0 Å². The summed E-state index contributed by atoms with van der Waals surface area (Å²) in [5.74, 6) is 0. The number of aryl methyl sites for hydroxylation is 2. The van der Waals surface area contributed by atoms with E-state index in [9.17, 15) is 0 Å². The number of nitrogens with zero attached hydrogens (tertiary/aromatic N) is 2. The van der Waals surface area contributed by atoms with E-state index in [-0.39, 0.29) is 0 Å². The maximum absolute atomic E-state index is 2.24. The SMILES string of the molecule is Cc1ccc2c(c1)sc(/C=C/N(C)C)[n+]2C. The summed E-state index contributed by atoms with van der Waals surface area (Å²) in [5, 5.41) is 1.27. The van der Waals surface area contributed by atoms with Gasteiger partial charge in [-0.1, -0.05) is 17.4 Å². The van der Waals surface area contributed by atoms with Crippen molar-refractivity contribution in [2.75, 3.05) is 14.1 Å². The molecular formula is C13H17N2S+. The summed E-state index contributed by atoms with van der Waals surface area (Å²) < 4.78 is 3.58. The van der Waals surface area contributed by atoms with Gasteiger partial charge < -0.3 is 4.90 Å². The van der Waals surface area contributed by atoms with Crippen LogP contribution in [-0.4, -0.2) is 19.0 Å². The second kappa shape index (κ2) is 4.26. The van der Waals surface area contributed by atoms with Crippen molar-refractivity contribution < 1.29 is 4.57 Å². The first-order valence-electron chi connectivity index (χ1n) is 5.32. The first kappa shape index (κ1) is 11.1. The molecule has 84 valence electrons. The summed E-state index contributed by atoms with van der Waals surface area (Å²) in [4.78, 5) is 2.05. The zero-order chi connectivity index (χ0) is 11.7. The first-order valence-corrected chi connectivity index (χ1v) is 6.13. The number of fused-ring (bicyclic) bond motifs is 1. The van der Waals surface area contributed by atoms with Crippen molar-refractivity contribution in [1.82, 2.24) is 4.90 Å². The Morgan fingerprint density at radius 3 is 2.75 bits per heavy atom. The Balaban J connectivity index is 2.51. The molecule has 16 heavy (non-hydrogen) atoms. The van der Waals surface area contributed by atoms with Crippen molar-refractivity contribution in [2.45, 2.75) is 6.92 Å². The number of aromatic nitrogens is 1. The quantitative estimate of drug-likeness (QED) is 0.723. The fourth-order valence-corrected chi connectivity index (χ4v) is 2.78. The zero-order valence-electron chi connectivity index (χ0n) is 10.2. The summed E-state index contributed by atoms with van der Waals surface area (Å²) in [7, 11) is 6.19. The smallest absolute Gasteiger partial charge is 0.263 e. The minimum absolute atomic E-state index is 1.27. The van der Waals surface area contributed by atoms with Crippen LogP contribution in [-0.2, 0) is 7.05 Å². The summed E-state index contributed by atoms with van der Waals surface area (Å²) in [6, 6.07) is 6.59. The molecule has 0 fully saturated rings. The molecule has 2 nitrogen and oxygen atoms in total. The van der Waals surface area contributed by atoms with Crippen molar-refractivity contribution in [3.05, 3.63) is 35.0 Å². The van der Waals surface area contributed by atoms with Crippen LogP contribution in [0.25, 0.3) is 16.3 Å². The number of hydrogen-bond donors (Lipinski definition) is 0. The number of hydrogen-bond acceptors (Lipinski definition) is 2. The average Bonchev–Trinajstić information content (AvgIpc) is 2.52. The lowest BCUT2D eigenvalue weighted by Gasteiger charge is -2.00. The fraction of sp³-hybridized carbons (Fsp3) is 0.308. The predicted molar refractivity (Wildman–Crippen MR) is 70.5 cm³/mol. The van der Waals surface area contributed by atoms with E-state index in [1.807, 2.05) is 25.4 Å². The molecule has 0 radical (unpaired) electrons. The monoisotopic (exact) mass is 233 g/mol. The summed E-state index contributed by atoms with van der Waals surface area (Å²) in [6.07, 6.45) is 4.23. The Hall–Kier alpha value is -1.35. The van der Waals surface area contributed by atoms with Crippen LogP contribution in [0.4, 0.5) is 0 Å². The molecule has 0 atom stereocenters. The van der Waals surface area contributed by atoms with Crippen LogP contribution >= 0.6 is 11.3 Å². The third kappa shape index (κ3) is 2.09. The molecule has 1 heterocycles. The van der Waals surface area contributed by atoms with Crippen LogP contribution in [0.15, 0.2) is 24.4 Å². The van der Waals surface area contributed by atoms with E-state index in [0.29, 0.717) is 0 Å². The molecule has 1 aromatic carbocycles. The molecule has 0 saturated carbocycles. The minimum Gasteiger partial charge on any atom is -0.383 e. The molecule has 0 unspecified atom stereocenters. The molecule has 0 aliphatic carbocycles. The highest BCUT2D eigenvalue weighted by atomic mass is 32.1. The number of rotatable bonds is 2. The van der Waals surface area contributed by atoms with E-state index in [1.165, 1.54) is 20.8 Å². The van der Waals surface area contributed by atoms with Gasteiger partial charge in [0.25, 0.3) is 5.01 Å². The molecule has 3 heteroatoms. The minimum atomic E-state index is 1.27. The van der Waals surface area contributed by atoms with Gasteiger partial charge >= 0.3 is 0 Å². The van der Waals surface area contributed by atoms with E-state index in [0.717, 1.165) is 0 Å². The lowest BCUT2D eigenvalue weighted by Crippen LogP contribution is -2.28. The molecule has 0 spiro atoms. The van der Waals surface area contributed by atoms with Gasteiger partial charge in [0.1, 0.15) is 11.7 Å². The van der Waals surface area contributed by atoms with E-state index < -0.39 is 0 Å². The molecule has 0 N–H and O–H groups in total. The zero-order valence-corrected chi connectivity index (χ0v) is 11.0. The molecule has 0 saturated heterocycles. The third-order valence-electron chi connectivity index (χ3n) is 2.54. The molecule has 0 amide bonds. The Morgan fingerprint density at radius 2 is 2.06 bits per heavy atom. The van der Waals surface area contributed by atoms with Crippen LogP contribution in [0.2, 0.25) is 0 Å². The first-order chi connectivity index (χ1) is 7.58. The van der Waals surface area contributed by atoms with Crippen LogP contribution in [0.1, 0.15) is 10.6 Å². The molecular weight excluding hydrogens is 216 g/mol.